The lowest BCUT2D eigenvalue weighted by atomic mass is 9.69. The third kappa shape index (κ3) is 7.99. The van der Waals surface area contributed by atoms with Gasteiger partial charge in [-0.2, -0.15) is 0 Å². The molecule has 0 saturated heterocycles. The first kappa shape index (κ1) is 36.2. The largest absolute Gasteiger partial charge is 0.530 e. The molecule has 1 N–H and O–H groups in total. The Hall–Kier alpha value is -4.61. The molecule has 1 aliphatic heterocycles. The number of carbonyl (C=O) groups excluding carboxylic acids is 1. The second-order valence-corrected chi connectivity index (χ2v) is 14.9. The lowest BCUT2D eigenvalue weighted by molar-refractivity contribution is -0.162. The van der Waals surface area contributed by atoms with E-state index in [0.717, 1.165) is 63.1 Å². The van der Waals surface area contributed by atoms with Crippen molar-refractivity contribution in [2.45, 2.75) is 66.2 Å². The van der Waals surface area contributed by atoms with Gasteiger partial charge in [0.2, 0.25) is 6.79 Å². The first-order valence-electron chi connectivity index (χ1n) is 17.0. The van der Waals surface area contributed by atoms with Crippen molar-refractivity contribution in [3.05, 3.63) is 113 Å². The average molecular weight is 714 g/mol. The minimum Gasteiger partial charge on any atom is -0.489 e. The van der Waals surface area contributed by atoms with Gasteiger partial charge >= 0.3 is 13.8 Å². The van der Waals surface area contributed by atoms with Gasteiger partial charge in [-0.15, -0.1) is 5.10 Å². The van der Waals surface area contributed by atoms with Crippen LogP contribution in [0.5, 0.6) is 11.5 Å². The van der Waals surface area contributed by atoms with Gasteiger partial charge in [0.05, 0.1) is 10.9 Å². The van der Waals surface area contributed by atoms with Crippen molar-refractivity contribution in [2.75, 3.05) is 13.3 Å². The first-order chi connectivity index (χ1) is 24.4. The van der Waals surface area contributed by atoms with Gasteiger partial charge in [-0.25, -0.2) is 13.8 Å². The van der Waals surface area contributed by atoms with Crippen molar-refractivity contribution in [1.29, 1.82) is 0 Å². The van der Waals surface area contributed by atoms with E-state index in [-0.39, 0.29) is 11.9 Å². The molecule has 6 rings (SSSR count). The molecule has 1 aliphatic rings. The molecular weight excluding hydrogens is 669 g/mol. The zero-order valence-corrected chi connectivity index (χ0v) is 30.7. The van der Waals surface area contributed by atoms with Gasteiger partial charge in [0.25, 0.3) is 0 Å². The minimum atomic E-state index is -4.57. The zero-order valence-electron chi connectivity index (χ0n) is 29.8. The third-order valence-corrected chi connectivity index (χ3v) is 10.4. The summed E-state index contributed by atoms with van der Waals surface area (Å²) in [7, 11) is -2.73. The summed E-state index contributed by atoms with van der Waals surface area (Å²) in [6, 6.07) is 20.3. The Morgan fingerprint density at radius 3 is 2.67 bits per heavy atom. The standard InChI is InChI=1S/C38H44N5O7P/c1-7-30-23-43(22-29-20-39-18-17-34(29)49-30)21-28-19-27(14-13-25(28)2)35(32-15-16-33-36(26(32)3)40-41-42(33)6)38(4,5)37(44)47-24-48-51(45,46)50-31-11-9-8-10-12-31/h8-20,30,35H,7,21-24H2,1-6H3,(H,45,46)/t30-,35+/m1/s1. The van der Waals surface area contributed by atoms with E-state index in [0.29, 0.717) is 13.1 Å². The summed E-state index contributed by atoms with van der Waals surface area (Å²) < 4.78 is 36.4. The summed E-state index contributed by atoms with van der Waals surface area (Å²) in [5.41, 5.74) is 6.39. The van der Waals surface area contributed by atoms with Crippen LogP contribution in [-0.2, 0) is 38.8 Å². The van der Waals surface area contributed by atoms with E-state index < -0.39 is 31.9 Å². The summed E-state index contributed by atoms with van der Waals surface area (Å²) in [6.45, 7) is 11.1. The average Bonchev–Trinajstić information content (AvgIpc) is 3.38. The highest BCUT2D eigenvalue weighted by atomic mass is 31.2. The van der Waals surface area contributed by atoms with Gasteiger partial charge in [0.15, 0.2) is 0 Å². The number of ether oxygens (including phenoxy) is 2. The Labute approximate surface area is 297 Å². The molecule has 3 aromatic carbocycles. The Balaban J connectivity index is 1.31. The van der Waals surface area contributed by atoms with Crippen LogP contribution in [0.4, 0.5) is 0 Å². The van der Waals surface area contributed by atoms with E-state index in [1.54, 1.807) is 42.9 Å². The van der Waals surface area contributed by atoms with E-state index in [1.807, 2.05) is 44.4 Å². The van der Waals surface area contributed by atoms with Crippen molar-refractivity contribution in [1.82, 2.24) is 24.9 Å². The maximum atomic E-state index is 14.0. The van der Waals surface area contributed by atoms with Crippen molar-refractivity contribution >= 4 is 24.8 Å². The lowest BCUT2D eigenvalue weighted by Gasteiger charge is -2.34. The summed E-state index contributed by atoms with van der Waals surface area (Å²) in [4.78, 5) is 31.0. The van der Waals surface area contributed by atoms with Crippen LogP contribution in [0.15, 0.2) is 79.1 Å². The number of nitrogens with zero attached hydrogens (tertiary/aromatic N) is 5. The second kappa shape index (κ2) is 14.9. The van der Waals surface area contributed by atoms with E-state index in [2.05, 4.69) is 46.2 Å². The predicted octanol–water partition coefficient (Wildman–Crippen LogP) is 7.01. The topological polar surface area (TPSA) is 138 Å². The molecule has 13 heteroatoms. The number of rotatable bonds is 12. The quantitative estimate of drug-likeness (QED) is 0.0812. The lowest BCUT2D eigenvalue weighted by Crippen LogP contribution is -2.35. The number of para-hydroxylation sites is 1. The fraction of sp³-hybridized carbons (Fsp3) is 0.368. The van der Waals surface area contributed by atoms with Crippen molar-refractivity contribution in [2.24, 2.45) is 12.5 Å². The van der Waals surface area contributed by atoms with Crippen molar-refractivity contribution < 1.29 is 32.8 Å². The molecule has 12 nitrogen and oxygen atoms in total. The van der Waals surface area contributed by atoms with Crippen LogP contribution in [0.2, 0.25) is 0 Å². The van der Waals surface area contributed by atoms with Crippen LogP contribution in [0, 0.1) is 19.3 Å². The summed E-state index contributed by atoms with van der Waals surface area (Å²) in [5.74, 6) is -0.0994. The molecule has 51 heavy (non-hydrogen) atoms. The Kier molecular flexibility index (Phi) is 10.6. The molecule has 3 heterocycles. The number of fused-ring (bicyclic) bond motifs is 2. The highest BCUT2D eigenvalue weighted by Crippen LogP contribution is 2.46. The predicted molar refractivity (Wildman–Crippen MR) is 192 cm³/mol. The fourth-order valence-electron chi connectivity index (χ4n) is 6.71. The number of pyridine rings is 1. The van der Waals surface area contributed by atoms with Gasteiger partial charge in [0, 0.05) is 50.6 Å². The van der Waals surface area contributed by atoms with Crippen LogP contribution < -0.4 is 9.26 Å². The number of aryl methyl sites for hydroxylation is 3. The number of esters is 1. The van der Waals surface area contributed by atoms with Gasteiger partial charge in [0.1, 0.15) is 23.1 Å². The third-order valence-electron chi connectivity index (χ3n) is 9.57. The minimum absolute atomic E-state index is 0.0366. The van der Waals surface area contributed by atoms with Crippen LogP contribution in [-0.4, -0.2) is 55.2 Å². The Morgan fingerprint density at radius 1 is 1.12 bits per heavy atom. The molecule has 1 unspecified atom stereocenters. The molecular formula is C38H44N5O7P. The molecule has 3 atom stereocenters. The molecule has 268 valence electrons. The number of phosphoric acid groups is 1. The van der Waals surface area contributed by atoms with Gasteiger partial charge in [-0.3, -0.25) is 19.6 Å². The number of benzene rings is 3. The monoisotopic (exact) mass is 713 g/mol. The molecule has 5 aromatic rings. The van der Waals surface area contributed by atoms with E-state index >= 15 is 0 Å². The van der Waals surface area contributed by atoms with E-state index in [9.17, 15) is 14.3 Å². The molecule has 0 spiro atoms. The van der Waals surface area contributed by atoms with Crippen LogP contribution in [0.1, 0.15) is 66.5 Å². The molecule has 0 aliphatic carbocycles. The molecule has 0 saturated carbocycles. The van der Waals surface area contributed by atoms with E-state index in [1.165, 1.54) is 12.1 Å². The van der Waals surface area contributed by atoms with Gasteiger partial charge in [-0.05, 0) is 86.2 Å². The van der Waals surface area contributed by atoms with E-state index in [4.69, 9.17) is 18.5 Å². The number of hydrogen-bond donors (Lipinski definition) is 1. The van der Waals surface area contributed by atoms with Crippen molar-refractivity contribution in [3.63, 3.8) is 0 Å². The molecule has 0 amide bonds. The molecule has 0 bridgehead atoms. The highest BCUT2D eigenvalue weighted by molar-refractivity contribution is 7.47. The molecule has 2 aromatic heterocycles. The van der Waals surface area contributed by atoms with Crippen LogP contribution >= 0.6 is 7.82 Å². The zero-order chi connectivity index (χ0) is 36.3. The Bertz CT molecular complexity index is 2070. The van der Waals surface area contributed by atoms with Crippen LogP contribution in [0.25, 0.3) is 11.0 Å². The summed E-state index contributed by atoms with van der Waals surface area (Å²) in [5, 5.41) is 8.65. The van der Waals surface area contributed by atoms with Crippen LogP contribution in [0.3, 0.4) is 0 Å². The number of aromatic nitrogens is 4. The maximum Gasteiger partial charge on any atom is 0.530 e. The highest BCUT2D eigenvalue weighted by Gasteiger charge is 2.42. The summed E-state index contributed by atoms with van der Waals surface area (Å²) >= 11 is 0. The Morgan fingerprint density at radius 2 is 1.90 bits per heavy atom. The summed E-state index contributed by atoms with van der Waals surface area (Å²) in [6.07, 6.45) is 4.53. The fourth-order valence-corrected chi connectivity index (χ4v) is 7.34. The van der Waals surface area contributed by atoms with Crippen molar-refractivity contribution in [3.8, 4) is 11.5 Å². The SMILES string of the molecule is CC[C@@H]1CN(Cc2cc([C@@H](c3ccc4c(nnn4C)c3C)C(C)(C)C(=O)OCOP(=O)(O)Oc3ccccc3)ccc2C)Cc2cnccc2O1. The number of hydrogen-bond acceptors (Lipinski definition) is 10. The normalized spacial score (nSPS) is 16.8. The number of phosphoric ester groups is 1. The maximum absolute atomic E-state index is 14.0. The smallest absolute Gasteiger partial charge is 0.489 e. The molecule has 0 radical (unpaired) electrons. The van der Waals surface area contributed by atoms with Gasteiger partial charge < -0.3 is 14.0 Å². The second-order valence-electron chi connectivity index (χ2n) is 13.6. The van der Waals surface area contributed by atoms with Gasteiger partial charge in [-0.1, -0.05) is 54.6 Å². The first-order valence-corrected chi connectivity index (χ1v) is 18.4. The molecule has 0 fully saturated rings. The number of carbonyl (C=O) groups is 1.